The van der Waals surface area contributed by atoms with E-state index in [0.29, 0.717) is 0 Å². The third-order valence-corrected chi connectivity index (χ3v) is 3.53. The van der Waals surface area contributed by atoms with E-state index in [1.807, 2.05) is 47.5 Å². The quantitative estimate of drug-likeness (QED) is 0.715. The number of benzene rings is 1. The first-order valence-corrected chi connectivity index (χ1v) is 5.75. The summed E-state index contributed by atoms with van der Waals surface area (Å²) < 4.78 is 5.28. The second kappa shape index (κ2) is 4.31. The van der Waals surface area contributed by atoms with Gasteiger partial charge in [0.15, 0.2) is 4.77 Å². The van der Waals surface area contributed by atoms with Gasteiger partial charge in [-0.1, -0.05) is 42.5 Å². The van der Waals surface area contributed by atoms with Gasteiger partial charge in [0.1, 0.15) is 4.64 Å². The predicted octanol–water partition coefficient (Wildman–Crippen LogP) is 3.49. The van der Waals surface area contributed by atoms with Gasteiger partial charge in [-0.15, -0.1) is 0 Å². The lowest BCUT2D eigenvalue weighted by molar-refractivity contribution is 0.738. The van der Waals surface area contributed by atoms with E-state index in [4.69, 9.17) is 24.4 Å². The van der Waals surface area contributed by atoms with E-state index in [-0.39, 0.29) is 0 Å². The van der Waals surface area contributed by atoms with Crippen molar-refractivity contribution >= 4 is 24.4 Å². The summed E-state index contributed by atoms with van der Waals surface area (Å²) in [4.78, 5) is 0. The number of rotatable bonds is 1. The topological polar surface area (TPSA) is 9.86 Å². The van der Waals surface area contributed by atoms with Crippen LogP contribution < -0.4 is 0 Å². The summed E-state index contributed by atoms with van der Waals surface area (Å²) in [7, 11) is 3.85. The maximum Gasteiger partial charge on any atom is 0.180 e. The highest BCUT2D eigenvalue weighted by atomic mass is 32.1. The molecule has 0 saturated heterocycles. The minimum Gasteiger partial charge on any atom is -0.321 e. The van der Waals surface area contributed by atoms with Crippen LogP contribution in [0.4, 0.5) is 0 Å². The molecule has 0 saturated carbocycles. The Labute approximate surface area is 105 Å². The van der Waals surface area contributed by atoms with Crippen LogP contribution in [-0.2, 0) is 14.1 Å². The largest absolute Gasteiger partial charge is 0.321 e. The number of aromatic nitrogens is 2. The first kappa shape index (κ1) is 11.2. The Kier molecular flexibility index (Phi) is 3.03. The smallest absolute Gasteiger partial charge is 0.180 e. The molecular formula is C12H12N2S2. The Morgan fingerprint density at radius 1 is 0.938 bits per heavy atom. The van der Waals surface area contributed by atoms with E-state index < -0.39 is 0 Å². The zero-order chi connectivity index (χ0) is 11.7. The van der Waals surface area contributed by atoms with Gasteiger partial charge in [0.25, 0.3) is 0 Å². The molecular weight excluding hydrogens is 236 g/mol. The average Bonchev–Trinajstić information content (AvgIpc) is 2.32. The molecule has 82 valence electrons. The third-order valence-electron chi connectivity index (χ3n) is 2.60. The molecule has 2 aromatic rings. The maximum atomic E-state index is 5.33. The fourth-order valence-electron chi connectivity index (χ4n) is 1.62. The van der Waals surface area contributed by atoms with Crippen molar-refractivity contribution in [2.24, 2.45) is 14.1 Å². The minimum absolute atomic E-state index is 0.728. The highest BCUT2D eigenvalue weighted by Crippen LogP contribution is 2.18. The molecule has 0 radical (unpaired) electrons. The number of nitrogens with zero attached hydrogens (tertiary/aromatic N) is 2. The van der Waals surface area contributed by atoms with Crippen LogP contribution in [-0.4, -0.2) is 9.13 Å². The Hall–Kier alpha value is -1.26. The van der Waals surface area contributed by atoms with Crippen LogP contribution in [0.15, 0.2) is 36.4 Å². The molecule has 1 aromatic carbocycles. The molecule has 0 N–H and O–H groups in total. The SMILES string of the molecule is Cn1c(-c2ccccc2)cc(=S)n(C)c1=S. The van der Waals surface area contributed by atoms with Crippen LogP contribution in [0.3, 0.4) is 0 Å². The molecule has 0 atom stereocenters. The molecule has 0 aliphatic carbocycles. The Bertz CT molecular complexity index is 624. The zero-order valence-corrected chi connectivity index (χ0v) is 10.8. The predicted molar refractivity (Wildman–Crippen MR) is 71.5 cm³/mol. The molecule has 2 rings (SSSR count). The van der Waals surface area contributed by atoms with Gasteiger partial charge >= 0.3 is 0 Å². The van der Waals surface area contributed by atoms with E-state index in [2.05, 4.69) is 12.1 Å². The van der Waals surface area contributed by atoms with Crippen LogP contribution in [0.2, 0.25) is 0 Å². The molecule has 2 nitrogen and oxygen atoms in total. The molecule has 0 amide bonds. The molecule has 1 aromatic heterocycles. The fraction of sp³-hybridized carbons (Fsp3) is 0.167. The van der Waals surface area contributed by atoms with Gasteiger partial charge in [-0.05, 0) is 23.8 Å². The van der Waals surface area contributed by atoms with Crippen molar-refractivity contribution in [3.8, 4) is 11.3 Å². The van der Waals surface area contributed by atoms with Gasteiger partial charge in [0.05, 0.1) is 5.69 Å². The maximum absolute atomic E-state index is 5.33. The second-order valence-corrected chi connectivity index (χ2v) is 4.42. The first-order valence-electron chi connectivity index (χ1n) is 4.94. The van der Waals surface area contributed by atoms with Crippen molar-refractivity contribution in [3.05, 3.63) is 45.8 Å². The monoisotopic (exact) mass is 248 g/mol. The highest BCUT2D eigenvalue weighted by molar-refractivity contribution is 7.72. The van der Waals surface area contributed by atoms with Gasteiger partial charge in [-0.2, -0.15) is 0 Å². The summed E-state index contributed by atoms with van der Waals surface area (Å²) in [6.45, 7) is 0. The standard InChI is InChI=1S/C12H12N2S2/c1-13-10(9-6-4-3-5-7-9)8-11(15)14(2)12(13)16/h3-8H,1-2H3. The number of hydrogen-bond donors (Lipinski definition) is 0. The van der Waals surface area contributed by atoms with E-state index >= 15 is 0 Å². The Morgan fingerprint density at radius 2 is 1.56 bits per heavy atom. The normalized spacial score (nSPS) is 10.4. The van der Waals surface area contributed by atoms with Crippen LogP contribution in [0.5, 0.6) is 0 Å². The van der Waals surface area contributed by atoms with Crippen molar-refractivity contribution in [1.82, 2.24) is 9.13 Å². The molecule has 0 spiro atoms. The fourth-order valence-corrected chi connectivity index (χ4v) is 2.07. The van der Waals surface area contributed by atoms with E-state index in [1.165, 1.54) is 0 Å². The van der Waals surface area contributed by atoms with Crippen molar-refractivity contribution in [2.45, 2.75) is 0 Å². The first-order chi connectivity index (χ1) is 7.61. The Balaban J connectivity index is 2.78. The van der Waals surface area contributed by atoms with Gasteiger partial charge in [0.2, 0.25) is 0 Å². The highest BCUT2D eigenvalue weighted by Gasteiger charge is 2.03. The van der Waals surface area contributed by atoms with Crippen LogP contribution in [0.25, 0.3) is 11.3 Å². The molecule has 1 heterocycles. The van der Waals surface area contributed by atoms with Gasteiger partial charge in [-0.25, -0.2) is 0 Å². The molecule has 0 bridgehead atoms. The lowest BCUT2D eigenvalue weighted by Gasteiger charge is -2.12. The molecule has 4 heteroatoms. The van der Waals surface area contributed by atoms with Crippen molar-refractivity contribution in [3.63, 3.8) is 0 Å². The molecule has 16 heavy (non-hydrogen) atoms. The van der Waals surface area contributed by atoms with E-state index in [1.54, 1.807) is 0 Å². The summed E-state index contributed by atoms with van der Waals surface area (Å²) in [5.74, 6) is 0. The summed E-state index contributed by atoms with van der Waals surface area (Å²) in [5.41, 5.74) is 2.18. The molecule has 0 aliphatic rings. The molecule has 0 fully saturated rings. The second-order valence-electron chi connectivity index (χ2n) is 3.63. The zero-order valence-electron chi connectivity index (χ0n) is 9.18. The number of hydrogen-bond acceptors (Lipinski definition) is 2. The van der Waals surface area contributed by atoms with Crippen LogP contribution in [0.1, 0.15) is 0 Å². The van der Waals surface area contributed by atoms with Crippen molar-refractivity contribution in [2.75, 3.05) is 0 Å². The Morgan fingerprint density at radius 3 is 2.19 bits per heavy atom. The van der Waals surface area contributed by atoms with Crippen LogP contribution in [0, 0.1) is 9.41 Å². The van der Waals surface area contributed by atoms with Crippen molar-refractivity contribution in [1.29, 1.82) is 0 Å². The van der Waals surface area contributed by atoms with E-state index in [9.17, 15) is 0 Å². The van der Waals surface area contributed by atoms with Crippen LogP contribution >= 0.6 is 24.4 Å². The average molecular weight is 248 g/mol. The van der Waals surface area contributed by atoms with Gasteiger partial charge in [0, 0.05) is 14.1 Å². The minimum atomic E-state index is 0.728. The van der Waals surface area contributed by atoms with Crippen molar-refractivity contribution < 1.29 is 0 Å². The summed E-state index contributed by atoms with van der Waals surface area (Å²) in [5, 5.41) is 0. The molecule has 0 aliphatic heterocycles. The summed E-state index contributed by atoms with van der Waals surface area (Å²) >= 11 is 10.6. The molecule has 0 unspecified atom stereocenters. The van der Waals surface area contributed by atoms with Gasteiger partial charge < -0.3 is 9.13 Å². The summed E-state index contributed by atoms with van der Waals surface area (Å²) in [6.07, 6.45) is 0. The summed E-state index contributed by atoms with van der Waals surface area (Å²) in [6, 6.07) is 12.1. The third kappa shape index (κ3) is 1.86. The van der Waals surface area contributed by atoms with Gasteiger partial charge in [-0.3, -0.25) is 0 Å². The lowest BCUT2D eigenvalue weighted by Crippen LogP contribution is -2.07. The van der Waals surface area contributed by atoms with E-state index in [0.717, 1.165) is 20.7 Å². The lowest BCUT2D eigenvalue weighted by atomic mass is 10.1.